The minimum Gasteiger partial charge on any atom is -0.329 e. The summed E-state index contributed by atoms with van der Waals surface area (Å²) >= 11 is 0. The topological polar surface area (TPSA) is 52.0 Å². The molecule has 0 aromatic heterocycles. The lowest BCUT2D eigenvalue weighted by atomic mass is 10.3. The molecule has 2 nitrogen and oxygen atoms in total. The van der Waals surface area contributed by atoms with Gasteiger partial charge in [-0.1, -0.05) is 6.08 Å². The van der Waals surface area contributed by atoms with E-state index in [1.807, 2.05) is 0 Å². The third kappa shape index (κ3) is 1.93. The fourth-order valence-corrected chi connectivity index (χ4v) is 0.0962. The number of hydrogen-bond acceptors (Lipinski definition) is 2. The van der Waals surface area contributed by atoms with Crippen molar-refractivity contribution in [3.05, 3.63) is 12.7 Å². The molecule has 0 fully saturated rings. The van der Waals surface area contributed by atoms with Crippen molar-refractivity contribution in [1.82, 2.24) is 0 Å². The highest BCUT2D eigenvalue weighted by molar-refractivity contribution is 4.82. The fraction of sp³-hybridized carbons (Fsp3) is 0.500. The van der Waals surface area contributed by atoms with Crippen LogP contribution in [0.15, 0.2) is 12.7 Å². The van der Waals surface area contributed by atoms with Crippen molar-refractivity contribution < 1.29 is 0 Å². The van der Waals surface area contributed by atoms with Crippen molar-refractivity contribution in [2.45, 2.75) is 6.04 Å². The van der Waals surface area contributed by atoms with E-state index in [2.05, 4.69) is 6.58 Å². The average molecular weight is 86.1 g/mol. The Bertz CT molecular complexity index is 42.8. The highest BCUT2D eigenvalue weighted by Crippen LogP contribution is 1.67. The third-order valence-corrected chi connectivity index (χ3v) is 0.575. The van der Waals surface area contributed by atoms with Gasteiger partial charge in [0.05, 0.1) is 0 Å². The second-order valence-corrected chi connectivity index (χ2v) is 1.14. The standard InChI is InChI=1S/C4H10N2/c1-2-4(6)3-5/h2,4H,1,3,5-6H2/t4-/m1/s1. The maximum atomic E-state index is 5.23. The Hall–Kier alpha value is -0.340. The molecule has 0 rings (SSSR count). The molecule has 0 saturated carbocycles. The van der Waals surface area contributed by atoms with Crippen LogP contribution in [0.2, 0.25) is 0 Å². The third-order valence-electron chi connectivity index (χ3n) is 0.575. The summed E-state index contributed by atoms with van der Waals surface area (Å²) in [6.45, 7) is 3.92. The second-order valence-electron chi connectivity index (χ2n) is 1.14. The maximum absolute atomic E-state index is 5.23. The van der Waals surface area contributed by atoms with Crippen LogP contribution in [0.1, 0.15) is 0 Å². The van der Waals surface area contributed by atoms with Gasteiger partial charge in [0.1, 0.15) is 0 Å². The first-order valence-corrected chi connectivity index (χ1v) is 1.89. The van der Waals surface area contributed by atoms with Crippen molar-refractivity contribution in [1.29, 1.82) is 0 Å². The van der Waals surface area contributed by atoms with E-state index >= 15 is 0 Å². The van der Waals surface area contributed by atoms with Gasteiger partial charge in [-0.3, -0.25) is 0 Å². The van der Waals surface area contributed by atoms with Crippen LogP contribution >= 0.6 is 0 Å². The molecule has 4 N–H and O–H groups in total. The van der Waals surface area contributed by atoms with Gasteiger partial charge in [-0.15, -0.1) is 6.58 Å². The van der Waals surface area contributed by atoms with E-state index in [-0.39, 0.29) is 6.04 Å². The van der Waals surface area contributed by atoms with Crippen LogP contribution in [0, 0.1) is 0 Å². The molecule has 0 amide bonds. The molecular formula is C4H10N2. The van der Waals surface area contributed by atoms with E-state index in [9.17, 15) is 0 Å². The van der Waals surface area contributed by atoms with Gasteiger partial charge in [-0.2, -0.15) is 0 Å². The fourth-order valence-electron chi connectivity index (χ4n) is 0.0962. The lowest BCUT2D eigenvalue weighted by Gasteiger charge is -1.95. The Labute approximate surface area is 37.8 Å². The van der Waals surface area contributed by atoms with E-state index in [1.165, 1.54) is 0 Å². The molecule has 0 aliphatic rings. The summed E-state index contributed by atoms with van der Waals surface area (Å²) in [5.74, 6) is 0. The van der Waals surface area contributed by atoms with Gasteiger partial charge in [-0.05, 0) is 0 Å². The van der Waals surface area contributed by atoms with E-state index in [0.717, 1.165) is 0 Å². The van der Waals surface area contributed by atoms with Gasteiger partial charge in [0, 0.05) is 12.6 Å². The van der Waals surface area contributed by atoms with Gasteiger partial charge in [0.15, 0.2) is 0 Å². The van der Waals surface area contributed by atoms with Crippen molar-refractivity contribution >= 4 is 0 Å². The maximum Gasteiger partial charge on any atom is 0.0346 e. The summed E-state index contributed by atoms with van der Waals surface area (Å²) in [7, 11) is 0. The zero-order chi connectivity index (χ0) is 4.99. The zero-order valence-electron chi connectivity index (χ0n) is 3.72. The molecule has 0 heterocycles. The molecule has 6 heavy (non-hydrogen) atoms. The van der Waals surface area contributed by atoms with Crippen LogP contribution in [0.4, 0.5) is 0 Å². The van der Waals surface area contributed by atoms with Gasteiger partial charge < -0.3 is 11.5 Å². The van der Waals surface area contributed by atoms with Crippen LogP contribution in [-0.4, -0.2) is 12.6 Å². The van der Waals surface area contributed by atoms with Crippen LogP contribution in [0.5, 0.6) is 0 Å². The molecule has 0 bridgehead atoms. The molecule has 0 aromatic carbocycles. The van der Waals surface area contributed by atoms with Crippen LogP contribution in [0.3, 0.4) is 0 Å². The van der Waals surface area contributed by atoms with Crippen LogP contribution in [-0.2, 0) is 0 Å². The van der Waals surface area contributed by atoms with E-state index in [1.54, 1.807) is 6.08 Å². The van der Waals surface area contributed by atoms with Crippen molar-refractivity contribution in [3.63, 3.8) is 0 Å². The molecule has 0 saturated heterocycles. The molecule has 0 unspecified atom stereocenters. The van der Waals surface area contributed by atoms with E-state index in [0.29, 0.717) is 6.54 Å². The molecule has 1 atom stereocenters. The number of nitrogens with two attached hydrogens (primary N) is 2. The Morgan fingerprint density at radius 3 is 2.33 bits per heavy atom. The monoisotopic (exact) mass is 86.1 g/mol. The number of hydrogen-bond donors (Lipinski definition) is 2. The summed E-state index contributed by atoms with van der Waals surface area (Å²) in [5, 5.41) is 0. The molecule has 0 aliphatic carbocycles. The highest BCUT2D eigenvalue weighted by Gasteiger charge is 1.84. The van der Waals surface area contributed by atoms with Crippen LogP contribution in [0.25, 0.3) is 0 Å². The largest absolute Gasteiger partial charge is 0.329 e. The van der Waals surface area contributed by atoms with Crippen molar-refractivity contribution in [2.24, 2.45) is 11.5 Å². The first kappa shape index (κ1) is 5.66. The van der Waals surface area contributed by atoms with Crippen molar-refractivity contribution in [2.75, 3.05) is 6.54 Å². The zero-order valence-corrected chi connectivity index (χ0v) is 3.72. The second kappa shape index (κ2) is 2.87. The minimum atomic E-state index is -0.0231. The Balaban J connectivity index is 2.96. The summed E-state index contributed by atoms with van der Waals surface area (Å²) in [6, 6.07) is -0.0231. The molecule has 0 spiro atoms. The molecule has 0 aliphatic heterocycles. The molecule has 36 valence electrons. The van der Waals surface area contributed by atoms with Crippen molar-refractivity contribution in [3.8, 4) is 0 Å². The Morgan fingerprint density at radius 2 is 2.33 bits per heavy atom. The van der Waals surface area contributed by atoms with Gasteiger partial charge >= 0.3 is 0 Å². The summed E-state index contributed by atoms with van der Waals surface area (Å²) < 4.78 is 0. The quantitative estimate of drug-likeness (QED) is 0.443. The summed E-state index contributed by atoms with van der Waals surface area (Å²) in [5.41, 5.74) is 10.3. The first-order valence-electron chi connectivity index (χ1n) is 1.89. The lowest BCUT2D eigenvalue weighted by Crippen LogP contribution is -2.26. The molecule has 0 aromatic rings. The van der Waals surface area contributed by atoms with E-state index < -0.39 is 0 Å². The highest BCUT2D eigenvalue weighted by atomic mass is 14.7. The minimum absolute atomic E-state index is 0.0231. The molecule has 0 radical (unpaired) electrons. The van der Waals surface area contributed by atoms with Gasteiger partial charge in [0.25, 0.3) is 0 Å². The van der Waals surface area contributed by atoms with E-state index in [4.69, 9.17) is 11.5 Å². The normalized spacial score (nSPS) is 13.7. The lowest BCUT2D eigenvalue weighted by molar-refractivity contribution is 0.825. The molecular weight excluding hydrogens is 76.1 g/mol. The Morgan fingerprint density at radius 1 is 1.83 bits per heavy atom. The average Bonchev–Trinajstić information content (AvgIpc) is 1.65. The first-order chi connectivity index (χ1) is 2.81. The summed E-state index contributed by atoms with van der Waals surface area (Å²) in [4.78, 5) is 0. The summed E-state index contributed by atoms with van der Waals surface area (Å²) in [6.07, 6.45) is 1.62. The Kier molecular flexibility index (Phi) is 2.71. The van der Waals surface area contributed by atoms with Gasteiger partial charge in [-0.25, -0.2) is 0 Å². The number of rotatable bonds is 2. The predicted octanol–water partition coefficient (Wildman–Crippen LogP) is -0.542. The molecule has 2 heteroatoms. The van der Waals surface area contributed by atoms with Crippen LogP contribution < -0.4 is 11.5 Å². The SMILES string of the molecule is C=C[C@@H](N)CN. The smallest absolute Gasteiger partial charge is 0.0346 e. The van der Waals surface area contributed by atoms with Gasteiger partial charge in [0.2, 0.25) is 0 Å². The predicted molar refractivity (Wildman–Crippen MR) is 27.2 cm³/mol.